The molecular weight excluding hydrogens is 204 g/mol. The zero-order valence-electron chi connectivity index (χ0n) is 9.57. The average molecular weight is 224 g/mol. The number of hydrogen-bond donors (Lipinski definition) is 1. The van der Waals surface area contributed by atoms with E-state index in [1.54, 1.807) is 0 Å². The molecule has 1 atom stereocenters. The van der Waals surface area contributed by atoms with Crippen LogP contribution in [0, 0.1) is 0 Å². The van der Waals surface area contributed by atoms with Crippen LogP contribution in [0.3, 0.4) is 0 Å². The predicted octanol–water partition coefficient (Wildman–Crippen LogP) is 2.49. The molecule has 2 nitrogen and oxygen atoms in total. The highest BCUT2D eigenvalue weighted by Crippen LogP contribution is 2.24. The summed E-state index contributed by atoms with van der Waals surface area (Å²) in [6.45, 7) is 1.08. The van der Waals surface area contributed by atoms with Crippen LogP contribution < -0.4 is 5.32 Å². The Kier molecular flexibility index (Phi) is 3.78. The molecule has 1 aromatic rings. The van der Waals surface area contributed by atoms with E-state index in [-0.39, 0.29) is 0 Å². The molecule has 1 unspecified atom stereocenters. The molecule has 3 heteroatoms. The molecule has 2 rings (SSSR count). The fourth-order valence-corrected chi connectivity index (χ4v) is 2.83. The minimum Gasteiger partial charge on any atom is -0.312 e. The summed E-state index contributed by atoms with van der Waals surface area (Å²) in [5, 5.41) is 5.82. The molecule has 1 saturated carbocycles. The molecule has 1 fully saturated rings. The van der Waals surface area contributed by atoms with Gasteiger partial charge in [0.1, 0.15) is 0 Å². The van der Waals surface area contributed by atoms with E-state index in [0.29, 0.717) is 6.04 Å². The van der Waals surface area contributed by atoms with Crippen LogP contribution in [0.15, 0.2) is 17.5 Å². The maximum absolute atomic E-state index is 3.65. The van der Waals surface area contributed by atoms with Crippen molar-refractivity contribution < 1.29 is 0 Å². The monoisotopic (exact) mass is 224 g/mol. The van der Waals surface area contributed by atoms with Crippen LogP contribution in [0.1, 0.15) is 30.2 Å². The molecule has 1 heterocycles. The quantitative estimate of drug-likeness (QED) is 0.826. The highest BCUT2D eigenvalue weighted by Gasteiger charge is 2.20. The van der Waals surface area contributed by atoms with Crippen LogP contribution >= 0.6 is 11.3 Å². The van der Waals surface area contributed by atoms with Crippen molar-refractivity contribution in [2.75, 3.05) is 20.6 Å². The smallest absolute Gasteiger partial charge is 0.0561 e. The lowest BCUT2D eigenvalue weighted by atomic mass is 9.93. The Morgan fingerprint density at radius 3 is 2.80 bits per heavy atom. The fraction of sp³-hybridized carbons (Fsp3) is 0.667. The Hall–Kier alpha value is -0.380. The molecule has 0 saturated heterocycles. The van der Waals surface area contributed by atoms with Crippen molar-refractivity contribution in [3.05, 3.63) is 22.4 Å². The summed E-state index contributed by atoms with van der Waals surface area (Å²) in [4.78, 5) is 3.77. The number of rotatable bonds is 5. The van der Waals surface area contributed by atoms with E-state index in [2.05, 4.69) is 41.8 Å². The van der Waals surface area contributed by atoms with Crippen molar-refractivity contribution in [3.63, 3.8) is 0 Å². The van der Waals surface area contributed by atoms with Gasteiger partial charge in [0.15, 0.2) is 0 Å². The lowest BCUT2D eigenvalue weighted by Gasteiger charge is -2.31. The summed E-state index contributed by atoms with van der Waals surface area (Å²) in [5.74, 6) is 0. The van der Waals surface area contributed by atoms with Gasteiger partial charge in [0.05, 0.1) is 6.04 Å². The summed E-state index contributed by atoms with van der Waals surface area (Å²) >= 11 is 1.85. The topological polar surface area (TPSA) is 15.3 Å². The van der Waals surface area contributed by atoms with Gasteiger partial charge in [0, 0.05) is 17.5 Å². The van der Waals surface area contributed by atoms with Gasteiger partial charge in [-0.1, -0.05) is 12.5 Å². The number of nitrogens with one attached hydrogen (secondary N) is 1. The third-order valence-corrected chi connectivity index (χ3v) is 4.17. The lowest BCUT2D eigenvalue weighted by molar-refractivity contribution is 0.256. The second-order valence-electron chi connectivity index (χ2n) is 4.53. The summed E-state index contributed by atoms with van der Waals surface area (Å²) < 4.78 is 0. The minimum atomic E-state index is 0.533. The van der Waals surface area contributed by atoms with Crippen molar-refractivity contribution in [2.24, 2.45) is 0 Å². The first kappa shape index (κ1) is 11.1. The summed E-state index contributed by atoms with van der Waals surface area (Å²) in [5.41, 5.74) is 0. The zero-order chi connectivity index (χ0) is 10.7. The van der Waals surface area contributed by atoms with Crippen LogP contribution in [0.4, 0.5) is 0 Å². The van der Waals surface area contributed by atoms with Gasteiger partial charge in [-0.2, -0.15) is 0 Å². The first-order chi connectivity index (χ1) is 7.27. The fourth-order valence-electron chi connectivity index (χ4n) is 1.91. The van der Waals surface area contributed by atoms with Gasteiger partial charge < -0.3 is 10.2 Å². The summed E-state index contributed by atoms with van der Waals surface area (Å²) in [6.07, 6.45) is 4.14. The third kappa shape index (κ3) is 2.80. The van der Waals surface area contributed by atoms with Crippen LogP contribution in [-0.4, -0.2) is 31.6 Å². The van der Waals surface area contributed by atoms with Gasteiger partial charge >= 0.3 is 0 Å². The van der Waals surface area contributed by atoms with E-state index in [1.807, 2.05) is 11.3 Å². The first-order valence-electron chi connectivity index (χ1n) is 5.70. The van der Waals surface area contributed by atoms with Crippen LogP contribution in [0.25, 0.3) is 0 Å². The van der Waals surface area contributed by atoms with Gasteiger partial charge in [-0.3, -0.25) is 0 Å². The molecule has 0 aliphatic heterocycles. The molecule has 0 spiro atoms. The van der Waals surface area contributed by atoms with Gasteiger partial charge in [-0.25, -0.2) is 0 Å². The Bertz CT molecular complexity index is 278. The average Bonchev–Trinajstić information content (AvgIpc) is 2.61. The molecule has 0 bridgehead atoms. The van der Waals surface area contributed by atoms with E-state index in [9.17, 15) is 0 Å². The Balaban J connectivity index is 1.88. The molecule has 0 radical (unpaired) electrons. The van der Waals surface area contributed by atoms with E-state index >= 15 is 0 Å². The molecule has 1 aliphatic carbocycles. The van der Waals surface area contributed by atoms with Gasteiger partial charge in [-0.15, -0.1) is 11.3 Å². The Morgan fingerprint density at radius 2 is 2.33 bits per heavy atom. The number of likely N-dealkylation sites (N-methyl/N-ethyl adjacent to an activating group) is 1. The normalized spacial score (nSPS) is 19.1. The Morgan fingerprint density at radius 1 is 1.53 bits per heavy atom. The standard InChI is InChI=1S/C12H20N2S/c1-14(2)11(12-7-4-8-15-12)9-13-10-5-3-6-10/h4,7-8,10-11,13H,3,5-6,9H2,1-2H3. The summed E-state index contributed by atoms with van der Waals surface area (Å²) in [7, 11) is 4.32. The van der Waals surface area contributed by atoms with Gasteiger partial charge in [0.25, 0.3) is 0 Å². The highest BCUT2D eigenvalue weighted by molar-refractivity contribution is 7.10. The Labute approximate surface area is 96.3 Å². The molecule has 1 aromatic heterocycles. The second-order valence-corrected chi connectivity index (χ2v) is 5.51. The second kappa shape index (κ2) is 5.10. The first-order valence-corrected chi connectivity index (χ1v) is 6.58. The van der Waals surface area contributed by atoms with Crippen molar-refractivity contribution in [3.8, 4) is 0 Å². The zero-order valence-corrected chi connectivity index (χ0v) is 10.4. The largest absolute Gasteiger partial charge is 0.312 e. The van der Waals surface area contributed by atoms with Crippen molar-refractivity contribution in [1.82, 2.24) is 10.2 Å². The molecule has 1 N–H and O–H groups in total. The SMILES string of the molecule is CN(C)C(CNC1CCC1)c1cccs1. The van der Waals surface area contributed by atoms with Crippen LogP contribution in [0.5, 0.6) is 0 Å². The molecule has 0 amide bonds. The molecular formula is C12H20N2S. The minimum absolute atomic E-state index is 0.533. The molecule has 15 heavy (non-hydrogen) atoms. The van der Waals surface area contributed by atoms with E-state index in [4.69, 9.17) is 0 Å². The highest BCUT2D eigenvalue weighted by atomic mass is 32.1. The van der Waals surface area contributed by atoms with Crippen LogP contribution in [-0.2, 0) is 0 Å². The van der Waals surface area contributed by atoms with Crippen molar-refractivity contribution >= 4 is 11.3 Å². The molecule has 84 valence electrons. The number of nitrogens with zero attached hydrogens (tertiary/aromatic N) is 1. The van der Waals surface area contributed by atoms with Crippen LogP contribution in [0.2, 0.25) is 0 Å². The van der Waals surface area contributed by atoms with E-state index < -0.39 is 0 Å². The van der Waals surface area contributed by atoms with Gasteiger partial charge in [0.2, 0.25) is 0 Å². The van der Waals surface area contributed by atoms with E-state index in [1.165, 1.54) is 24.1 Å². The maximum atomic E-state index is 3.65. The third-order valence-electron chi connectivity index (χ3n) is 3.20. The molecule has 1 aliphatic rings. The lowest BCUT2D eigenvalue weighted by Crippen LogP contribution is -2.40. The van der Waals surface area contributed by atoms with E-state index in [0.717, 1.165) is 12.6 Å². The number of hydrogen-bond acceptors (Lipinski definition) is 3. The number of thiophene rings is 1. The predicted molar refractivity (Wildman–Crippen MR) is 66.4 cm³/mol. The van der Waals surface area contributed by atoms with Gasteiger partial charge in [-0.05, 0) is 38.4 Å². The van der Waals surface area contributed by atoms with Crippen molar-refractivity contribution in [2.45, 2.75) is 31.3 Å². The van der Waals surface area contributed by atoms with Crippen molar-refractivity contribution in [1.29, 1.82) is 0 Å². The summed E-state index contributed by atoms with van der Waals surface area (Å²) in [6, 6.07) is 5.69. The maximum Gasteiger partial charge on any atom is 0.0561 e. The molecule has 0 aromatic carbocycles.